The van der Waals surface area contributed by atoms with Crippen molar-refractivity contribution in [2.45, 2.75) is 19.3 Å². The molecule has 3 rings (SSSR count). The van der Waals surface area contributed by atoms with Crippen molar-refractivity contribution in [2.24, 2.45) is 0 Å². The smallest absolute Gasteiger partial charge is 0.188 e. The minimum atomic E-state index is 0.0502. The van der Waals surface area contributed by atoms with Crippen LogP contribution in [0.3, 0.4) is 0 Å². The van der Waals surface area contributed by atoms with E-state index in [1.165, 1.54) is 19.3 Å². The zero-order valence-electron chi connectivity index (χ0n) is 11.5. The lowest BCUT2D eigenvalue weighted by Gasteiger charge is -2.24. The molecule has 0 atom stereocenters. The minimum absolute atomic E-state index is 0.0502. The molecule has 0 spiro atoms. The standard InChI is InChI=1S/C17H18N2O/c20-17(9-13-19-11-4-1-5-12-19)15-8-10-18-16-7-3-2-6-14(15)16/h2-3,6-10,13H,1,4-5,11-12H2. The number of nitrogens with zero attached hydrogens (tertiary/aromatic N) is 2. The van der Waals surface area contributed by atoms with E-state index in [0.29, 0.717) is 0 Å². The third kappa shape index (κ3) is 2.72. The summed E-state index contributed by atoms with van der Waals surface area (Å²) in [7, 11) is 0. The van der Waals surface area contributed by atoms with Crippen LogP contribution >= 0.6 is 0 Å². The van der Waals surface area contributed by atoms with Crippen LogP contribution in [0.15, 0.2) is 48.8 Å². The molecule has 0 N–H and O–H groups in total. The van der Waals surface area contributed by atoms with Gasteiger partial charge in [-0.3, -0.25) is 9.78 Å². The van der Waals surface area contributed by atoms with Crippen LogP contribution in [0.4, 0.5) is 0 Å². The number of fused-ring (bicyclic) bond motifs is 1. The number of ketones is 1. The van der Waals surface area contributed by atoms with Gasteiger partial charge in [0.25, 0.3) is 0 Å². The first kappa shape index (κ1) is 12.9. The second kappa shape index (κ2) is 5.87. The molecule has 1 fully saturated rings. The highest BCUT2D eigenvalue weighted by atomic mass is 16.1. The van der Waals surface area contributed by atoms with Crippen LogP contribution in [0.25, 0.3) is 10.9 Å². The monoisotopic (exact) mass is 266 g/mol. The maximum Gasteiger partial charge on any atom is 0.188 e. The van der Waals surface area contributed by atoms with Crippen LogP contribution in [0.5, 0.6) is 0 Å². The molecule has 0 unspecified atom stereocenters. The molecule has 0 radical (unpaired) electrons. The molecular formula is C17H18N2O. The van der Waals surface area contributed by atoms with E-state index in [0.717, 1.165) is 29.6 Å². The second-order valence-electron chi connectivity index (χ2n) is 5.15. The molecule has 1 saturated heterocycles. The molecule has 0 bridgehead atoms. The fourth-order valence-electron chi connectivity index (χ4n) is 2.64. The number of piperidine rings is 1. The highest BCUT2D eigenvalue weighted by molar-refractivity contribution is 6.12. The molecule has 0 aliphatic carbocycles. The summed E-state index contributed by atoms with van der Waals surface area (Å²) in [4.78, 5) is 18.9. The number of carbonyl (C=O) groups excluding carboxylic acids is 1. The van der Waals surface area contributed by atoms with Crippen LogP contribution in [0.2, 0.25) is 0 Å². The first-order valence-electron chi connectivity index (χ1n) is 7.15. The highest BCUT2D eigenvalue weighted by Gasteiger charge is 2.09. The van der Waals surface area contributed by atoms with Crippen molar-refractivity contribution in [2.75, 3.05) is 13.1 Å². The highest BCUT2D eigenvalue weighted by Crippen LogP contribution is 2.17. The van der Waals surface area contributed by atoms with E-state index in [2.05, 4.69) is 9.88 Å². The predicted molar refractivity (Wildman–Crippen MR) is 80.6 cm³/mol. The van der Waals surface area contributed by atoms with Gasteiger partial charge in [-0.1, -0.05) is 18.2 Å². The maximum absolute atomic E-state index is 12.4. The van der Waals surface area contributed by atoms with Crippen LogP contribution in [0, 0.1) is 0 Å². The summed E-state index contributed by atoms with van der Waals surface area (Å²) in [6.07, 6.45) is 9.06. The van der Waals surface area contributed by atoms with Gasteiger partial charge >= 0.3 is 0 Å². The Balaban J connectivity index is 1.83. The first-order chi connectivity index (χ1) is 9.84. The Kier molecular flexibility index (Phi) is 3.77. The Bertz CT molecular complexity index is 637. The van der Waals surface area contributed by atoms with Gasteiger partial charge in [-0.2, -0.15) is 0 Å². The number of rotatable bonds is 3. The van der Waals surface area contributed by atoms with Crippen LogP contribution in [-0.2, 0) is 0 Å². The van der Waals surface area contributed by atoms with E-state index in [-0.39, 0.29) is 5.78 Å². The van der Waals surface area contributed by atoms with Gasteiger partial charge in [0.15, 0.2) is 5.78 Å². The molecular weight excluding hydrogens is 248 g/mol. The van der Waals surface area contributed by atoms with Gasteiger partial charge in [0, 0.05) is 42.5 Å². The lowest BCUT2D eigenvalue weighted by molar-refractivity contribution is 0.104. The summed E-state index contributed by atoms with van der Waals surface area (Å²) in [6, 6.07) is 9.55. The zero-order chi connectivity index (χ0) is 13.8. The Morgan fingerprint density at radius 3 is 2.75 bits per heavy atom. The van der Waals surface area contributed by atoms with Crippen molar-refractivity contribution in [1.29, 1.82) is 0 Å². The molecule has 0 saturated carbocycles. The molecule has 1 aliphatic rings. The fourth-order valence-corrected chi connectivity index (χ4v) is 2.64. The largest absolute Gasteiger partial charge is 0.377 e. The van der Waals surface area contributed by atoms with E-state index >= 15 is 0 Å². The number of benzene rings is 1. The van der Waals surface area contributed by atoms with Crippen LogP contribution < -0.4 is 0 Å². The Hall–Kier alpha value is -2.16. The molecule has 20 heavy (non-hydrogen) atoms. The fraction of sp³-hybridized carbons (Fsp3) is 0.294. The van der Waals surface area contributed by atoms with Crippen LogP contribution in [-0.4, -0.2) is 28.8 Å². The molecule has 1 aliphatic heterocycles. The third-order valence-corrected chi connectivity index (χ3v) is 3.74. The molecule has 0 amide bonds. The average Bonchev–Trinajstić information content (AvgIpc) is 2.53. The summed E-state index contributed by atoms with van der Waals surface area (Å²) in [5, 5.41) is 0.920. The number of allylic oxidation sites excluding steroid dienone is 1. The van der Waals surface area contributed by atoms with Crippen LogP contribution in [0.1, 0.15) is 29.6 Å². The Labute approximate surface area is 118 Å². The summed E-state index contributed by atoms with van der Waals surface area (Å²) in [5.41, 5.74) is 1.59. The predicted octanol–water partition coefficient (Wildman–Crippen LogP) is 3.42. The van der Waals surface area contributed by atoms with Gasteiger partial charge in [-0.25, -0.2) is 0 Å². The summed E-state index contributed by atoms with van der Waals surface area (Å²) in [5.74, 6) is 0.0502. The summed E-state index contributed by atoms with van der Waals surface area (Å²) in [6.45, 7) is 2.11. The molecule has 3 heteroatoms. The van der Waals surface area contributed by atoms with E-state index in [4.69, 9.17) is 0 Å². The van der Waals surface area contributed by atoms with Crippen molar-refractivity contribution in [3.8, 4) is 0 Å². The van der Waals surface area contributed by atoms with E-state index in [1.54, 1.807) is 18.3 Å². The van der Waals surface area contributed by atoms with Gasteiger partial charge in [0.2, 0.25) is 0 Å². The van der Waals surface area contributed by atoms with Crippen molar-refractivity contribution < 1.29 is 4.79 Å². The van der Waals surface area contributed by atoms with Crippen molar-refractivity contribution >= 4 is 16.7 Å². The third-order valence-electron chi connectivity index (χ3n) is 3.74. The van der Waals surface area contributed by atoms with Crippen molar-refractivity contribution in [3.63, 3.8) is 0 Å². The molecule has 2 heterocycles. The SMILES string of the molecule is O=C(C=CN1CCCCC1)c1ccnc2ccccc12. The van der Waals surface area contributed by atoms with Gasteiger partial charge in [0.1, 0.15) is 0 Å². The Morgan fingerprint density at radius 1 is 1.10 bits per heavy atom. The van der Waals surface area contributed by atoms with Crippen molar-refractivity contribution in [3.05, 3.63) is 54.4 Å². The van der Waals surface area contributed by atoms with E-state index < -0.39 is 0 Å². The number of aromatic nitrogens is 1. The normalized spacial score (nSPS) is 15.9. The van der Waals surface area contributed by atoms with Gasteiger partial charge in [0.05, 0.1) is 5.52 Å². The van der Waals surface area contributed by atoms with E-state index in [1.807, 2.05) is 30.5 Å². The van der Waals surface area contributed by atoms with Crippen molar-refractivity contribution in [1.82, 2.24) is 9.88 Å². The quantitative estimate of drug-likeness (QED) is 0.630. The lowest BCUT2D eigenvalue weighted by Crippen LogP contribution is -2.24. The average molecular weight is 266 g/mol. The molecule has 1 aromatic carbocycles. The first-order valence-corrected chi connectivity index (χ1v) is 7.15. The van der Waals surface area contributed by atoms with Gasteiger partial charge < -0.3 is 4.90 Å². The number of carbonyl (C=O) groups is 1. The zero-order valence-corrected chi connectivity index (χ0v) is 11.5. The molecule has 2 aromatic rings. The summed E-state index contributed by atoms with van der Waals surface area (Å²) >= 11 is 0. The minimum Gasteiger partial charge on any atom is -0.377 e. The topological polar surface area (TPSA) is 33.2 Å². The van der Waals surface area contributed by atoms with Gasteiger partial charge in [-0.15, -0.1) is 0 Å². The van der Waals surface area contributed by atoms with Gasteiger partial charge in [-0.05, 0) is 31.4 Å². The molecule has 3 nitrogen and oxygen atoms in total. The second-order valence-corrected chi connectivity index (χ2v) is 5.15. The Morgan fingerprint density at radius 2 is 1.90 bits per heavy atom. The summed E-state index contributed by atoms with van der Waals surface area (Å²) < 4.78 is 0. The maximum atomic E-state index is 12.4. The van der Waals surface area contributed by atoms with E-state index in [9.17, 15) is 4.79 Å². The molecule has 102 valence electrons. The number of hydrogen-bond donors (Lipinski definition) is 0. The molecule has 1 aromatic heterocycles. The number of pyridine rings is 1. The number of hydrogen-bond acceptors (Lipinski definition) is 3. The number of para-hydroxylation sites is 1. The lowest BCUT2D eigenvalue weighted by atomic mass is 10.1. The number of likely N-dealkylation sites (tertiary alicyclic amines) is 1.